The van der Waals surface area contributed by atoms with Crippen LogP contribution in [0.4, 0.5) is 26.3 Å². The van der Waals surface area contributed by atoms with E-state index in [1.165, 1.54) is 12.1 Å². The number of hydrogen-bond donors (Lipinski definition) is 0. The Morgan fingerprint density at radius 1 is 0.385 bits per heavy atom. The van der Waals surface area contributed by atoms with Gasteiger partial charge in [-0.15, -0.1) is 0 Å². The summed E-state index contributed by atoms with van der Waals surface area (Å²) in [5.41, 5.74) is -10.1. The Balaban J connectivity index is 1.14. The molecule has 2 aromatic rings. The average Bonchev–Trinajstić information content (AvgIpc) is 4.08. The normalized spacial score (nSPS) is 41.4. The van der Waals surface area contributed by atoms with Gasteiger partial charge in [0.15, 0.2) is 23.0 Å². The molecule has 4 nitrogen and oxygen atoms in total. The minimum absolute atomic E-state index is 0.0410. The highest BCUT2D eigenvalue weighted by atomic mass is 19.4. The van der Waals surface area contributed by atoms with Crippen molar-refractivity contribution in [2.45, 2.75) is 200 Å². The van der Waals surface area contributed by atoms with E-state index in [0.29, 0.717) is 24.7 Å². The van der Waals surface area contributed by atoms with Gasteiger partial charge in [-0.3, -0.25) is 0 Å². The third kappa shape index (κ3) is 6.00. The zero-order valence-electron chi connectivity index (χ0n) is 41.0. The molecule has 0 saturated heterocycles. The maximum Gasteiger partial charge on any atom is 0.411 e. The molecule has 8 aliphatic rings. The largest absolute Gasteiger partial charge is 0.482 e. The molecule has 0 radical (unpaired) electrons. The van der Waals surface area contributed by atoms with E-state index in [2.05, 4.69) is 83.1 Å². The maximum absolute atomic E-state index is 16.4. The first-order valence-electron chi connectivity index (χ1n) is 25.2. The van der Waals surface area contributed by atoms with Crippen LogP contribution in [-0.4, -0.2) is 34.8 Å². The molecule has 0 N–H and O–H groups in total. The van der Waals surface area contributed by atoms with Crippen molar-refractivity contribution in [3.63, 3.8) is 0 Å². The molecule has 10 heteroatoms. The fourth-order valence-corrected chi connectivity index (χ4v) is 16.5. The highest BCUT2D eigenvalue weighted by Gasteiger charge is 2.79. The lowest BCUT2D eigenvalue weighted by atomic mass is 9.72. The van der Waals surface area contributed by atoms with Crippen LogP contribution in [0.1, 0.15) is 171 Å². The van der Waals surface area contributed by atoms with Crippen molar-refractivity contribution in [3.05, 3.63) is 47.5 Å². The van der Waals surface area contributed by atoms with Gasteiger partial charge in [-0.25, -0.2) is 0 Å². The van der Waals surface area contributed by atoms with E-state index < -0.39 is 51.3 Å². The summed E-state index contributed by atoms with van der Waals surface area (Å²) in [6.45, 7) is 25.7. The molecule has 12 unspecified atom stereocenters. The van der Waals surface area contributed by atoms with Gasteiger partial charge >= 0.3 is 12.4 Å². The number of rotatable bonds is 10. The minimum atomic E-state index is -5.83. The summed E-state index contributed by atoms with van der Waals surface area (Å²) in [6.07, 6.45) is -1.10. The Hall–Kier alpha value is -2.78. The van der Waals surface area contributed by atoms with Gasteiger partial charge in [0.1, 0.15) is 22.4 Å². The molecule has 8 saturated carbocycles. The fourth-order valence-electron chi connectivity index (χ4n) is 16.5. The molecule has 10 rings (SSSR count). The predicted octanol–water partition coefficient (Wildman–Crippen LogP) is 15.5. The van der Waals surface area contributed by atoms with Crippen molar-refractivity contribution in [2.75, 3.05) is 0 Å². The first kappa shape index (κ1) is 46.0. The third-order valence-corrected chi connectivity index (χ3v) is 20.9. The average molecular weight is 913 g/mol. The monoisotopic (exact) mass is 913 g/mol. The van der Waals surface area contributed by atoms with Crippen molar-refractivity contribution in [1.82, 2.24) is 0 Å². The Labute approximate surface area is 384 Å². The zero-order chi connectivity index (χ0) is 47.1. The molecule has 0 bridgehead atoms. The number of halogens is 6. The number of alkyl halides is 6. The number of fused-ring (bicyclic) bond motifs is 4. The quantitative estimate of drug-likeness (QED) is 0.223. The van der Waals surface area contributed by atoms with Gasteiger partial charge in [-0.1, -0.05) is 121 Å². The highest BCUT2D eigenvalue weighted by Crippen LogP contribution is 2.75. The van der Waals surface area contributed by atoms with Crippen molar-refractivity contribution in [3.8, 4) is 23.0 Å². The minimum Gasteiger partial charge on any atom is -0.482 e. The first-order chi connectivity index (χ1) is 30.0. The van der Waals surface area contributed by atoms with Crippen LogP contribution in [0, 0.1) is 69.0 Å². The lowest BCUT2D eigenvalue weighted by molar-refractivity contribution is -0.288. The van der Waals surface area contributed by atoms with Gasteiger partial charge in [0.05, 0.1) is 0 Å². The summed E-state index contributed by atoms with van der Waals surface area (Å²) in [5.74, 6) is 2.30. The second kappa shape index (κ2) is 13.7. The number of ether oxygens (including phenoxy) is 4. The Kier molecular flexibility index (Phi) is 9.70. The molecule has 12 atom stereocenters. The van der Waals surface area contributed by atoms with Crippen molar-refractivity contribution in [2.24, 2.45) is 69.0 Å². The standard InChI is InChI=1S/C55H74F6O4/c1-31-13-21-41-45(5,6)49(41,27-31)62-37-19-17-35(25-39(37)64-51-29-33(3)15-23-43(51)47(51,9)10)53(54(56,57)58,55(59,60)61)36-18-20-38(63-50-28-32(2)14-22-42(50)46(50,7)8)40(26-36)65-52-30-34(4)16-24-44(52)48(52,11)12/h17-20,25-26,31-34,41-44H,13-16,21-24,27-30H2,1-12H3. The number of benzene rings is 2. The molecule has 0 aliphatic heterocycles. The topological polar surface area (TPSA) is 36.9 Å². The van der Waals surface area contributed by atoms with Gasteiger partial charge in [-0.2, -0.15) is 26.3 Å². The van der Waals surface area contributed by atoms with E-state index >= 15 is 26.3 Å². The van der Waals surface area contributed by atoms with E-state index in [1.54, 1.807) is 0 Å². The molecular weight excluding hydrogens is 839 g/mol. The van der Waals surface area contributed by atoms with Crippen molar-refractivity contribution < 1.29 is 45.3 Å². The Morgan fingerprint density at radius 2 is 0.631 bits per heavy atom. The lowest BCUT2D eigenvalue weighted by Gasteiger charge is -2.40. The number of hydrogen-bond acceptors (Lipinski definition) is 4. The zero-order valence-corrected chi connectivity index (χ0v) is 41.0. The molecular formula is C55H74F6O4. The first-order valence-corrected chi connectivity index (χ1v) is 25.2. The molecule has 8 aliphatic carbocycles. The van der Waals surface area contributed by atoms with E-state index in [9.17, 15) is 0 Å². The van der Waals surface area contributed by atoms with Crippen LogP contribution in [-0.2, 0) is 5.41 Å². The van der Waals surface area contributed by atoms with Gasteiger partial charge in [-0.05, 0) is 110 Å². The van der Waals surface area contributed by atoms with Crippen LogP contribution in [0.5, 0.6) is 23.0 Å². The molecule has 360 valence electrons. The molecule has 0 amide bonds. The third-order valence-electron chi connectivity index (χ3n) is 20.9. The molecule has 8 fully saturated rings. The summed E-state index contributed by atoms with van der Waals surface area (Å²) in [7, 11) is 0. The summed E-state index contributed by atoms with van der Waals surface area (Å²) < 4.78 is 127. The maximum atomic E-state index is 16.4. The van der Waals surface area contributed by atoms with Gasteiger partial charge in [0.25, 0.3) is 0 Å². The van der Waals surface area contributed by atoms with Crippen LogP contribution in [0.25, 0.3) is 0 Å². The SMILES string of the molecule is CC1CCC2C(C)(C)C2(Oc2ccc(C(c3ccc(OC45CC(C)CCC4C5(C)C)c(OC45CC(C)CCC4C5(C)C)c3)(C(F)(F)F)C(F)(F)F)cc2OC23CC(C)CCC2C3(C)C)C1. The van der Waals surface area contributed by atoms with Gasteiger partial charge < -0.3 is 18.9 Å². The molecule has 0 spiro atoms. The summed E-state index contributed by atoms with van der Waals surface area (Å²) in [4.78, 5) is 0. The van der Waals surface area contributed by atoms with Crippen LogP contribution in [0.15, 0.2) is 36.4 Å². The van der Waals surface area contributed by atoms with Crippen LogP contribution in [0.2, 0.25) is 0 Å². The summed E-state index contributed by atoms with van der Waals surface area (Å²) in [6, 6.07) is 6.76. The second-order valence-corrected chi connectivity index (χ2v) is 25.7. The fraction of sp³-hybridized carbons (Fsp3) is 0.782. The molecule has 65 heavy (non-hydrogen) atoms. The predicted molar refractivity (Wildman–Crippen MR) is 240 cm³/mol. The molecule has 0 aromatic heterocycles. The lowest BCUT2D eigenvalue weighted by Crippen LogP contribution is -2.54. The Morgan fingerprint density at radius 3 is 0.877 bits per heavy atom. The van der Waals surface area contributed by atoms with E-state index in [4.69, 9.17) is 18.9 Å². The molecule has 0 heterocycles. The van der Waals surface area contributed by atoms with Gasteiger partial charge in [0.2, 0.25) is 5.41 Å². The van der Waals surface area contributed by atoms with E-state index in [1.807, 2.05) is 0 Å². The second-order valence-electron chi connectivity index (χ2n) is 25.7. The van der Waals surface area contributed by atoms with Crippen LogP contribution < -0.4 is 18.9 Å². The van der Waals surface area contributed by atoms with Crippen LogP contribution in [0.3, 0.4) is 0 Å². The van der Waals surface area contributed by atoms with Crippen molar-refractivity contribution >= 4 is 0 Å². The summed E-state index contributed by atoms with van der Waals surface area (Å²) in [5, 5.41) is 0. The summed E-state index contributed by atoms with van der Waals surface area (Å²) >= 11 is 0. The van der Waals surface area contributed by atoms with Crippen LogP contribution >= 0.6 is 0 Å². The van der Waals surface area contributed by atoms with Gasteiger partial charge in [0, 0.05) is 45.3 Å². The van der Waals surface area contributed by atoms with Crippen molar-refractivity contribution in [1.29, 1.82) is 0 Å². The smallest absolute Gasteiger partial charge is 0.411 e. The molecule has 2 aromatic carbocycles. The Bertz CT molecular complexity index is 2090. The highest BCUT2D eigenvalue weighted by molar-refractivity contribution is 5.56. The van der Waals surface area contributed by atoms with E-state index in [-0.39, 0.29) is 80.2 Å². The van der Waals surface area contributed by atoms with E-state index in [0.717, 1.165) is 88.5 Å².